The number of aliphatic hydroxyl groups excluding tert-OH is 1. The summed E-state index contributed by atoms with van der Waals surface area (Å²) in [5.74, 6) is -0.470. The van der Waals surface area contributed by atoms with Crippen molar-refractivity contribution in [2.24, 2.45) is 0 Å². The van der Waals surface area contributed by atoms with Crippen molar-refractivity contribution >= 4 is 16.0 Å². The van der Waals surface area contributed by atoms with Gasteiger partial charge < -0.3 is 10.4 Å². The predicted octanol–water partition coefficient (Wildman–Crippen LogP) is -1.12. The maximum absolute atomic E-state index is 10.5. The summed E-state index contributed by atoms with van der Waals surface area (Å²) >= 11 is 0. The molecule has 0 aliphatic rings. The number of carbonyl (C=O) groups excluding carboxylic acids is 1. The Hall–Kier alpha value is -0.920. The molecule has 1 amide bonds. The molecule has 76 valence electrons. The lowest BCUT2D eigenvalue weighted by atomic mass is 10.4. The molecule has 0 aliphatic carbocycles. The molecule has 13 heavy (non-hydrogen) atoms. The summed E-state index contributed by atoms with van der Waals surface area (Å²) in [5.41, 5.74) is -1.86. The van der Waals surface area contributed by atoms with E-state index in [4.69, 9.17) is 9.66 Å². The number of hydrogen-bond acceptors (Lipinski definition) is 4. The van der Waals surface area contributed by atoms with E-state index in [2.05, 4.69) is 11.9 Å². The third kappa shape index (κ3) is 5.34. The van der Waals surface area contributed by atoms with E-state index in [0.29, 0.717) is 0 Å². The molecule has 0 saturated heterocycles. The first-order chi connectivity index (χ1) is 5.88. The Morgan fingerprint density at radius 2 is 2.15 bits per heavy atom. The molecule has 7 heteroatoms. The molecule has 1 atom stereocenters. The van der Waals surface area contributed by atoms with Crippen LogP contribution in [0.4, 0.5) is 0 Å². The predicted molar refractivity (Wildman–Crippen MR) is 45.4 cm³/mol. The highest BCUT2D eigenvalue weighted by molar-refractivity contribution is 7.86. The highest BCUT2D eigenvalue weighted by atomic mass is 32.2. The Bertz CT molecular complexity index is 283. The van der Waals surface area contributed by atoms with E-state index in [1.807, 2.05) is 0 Å². The lowest BCUT2D eigenvalue weighted by Crippen LogP contribution is -2.28. The van der Waals surface area contributed by atoms with Gasteiger partial charge in [0.25, 0.3) is 10.1 Å². The fraction of sp³-hybridized carbons (Fsp3) is 0.500. The van der Waals surface area contributed by atoms with Crippen molar-refractivity contribution in [2.75, 3.05) is 6.54 Å². The first-order valence-electron chi connectivity index (χ1n) is 3.42. The van der Waals surface area contributed by atoms with Crippen LogP contribution >= 0.6 is 0 Å². The molecule has 0 radical (unpaired) electrons. The summed E-state index contributed by atoms with van der Waals surface area (Å²) in [7, 11) is -4.43. The van der Waals surface area contributed by atoms with Crippen molar-refractivity contribution in [2.45, 2.75) is 11.9 Å². The molecular weight excluding hydrogens is 198 g/mol. The second-order valence-electron chi connectivity index (χ2n) is 2.25. The molecular formula is C6H11NO5S. The van der Waals surface area contributed by atoms with Gasteiger partial charge in [-0.15, -0.1) is 0 Å². The van der Waals surface area contributed by atoms with Crippen LogP contribution in [0.2, 0.25) is 0 Å². The molecule has 0 spiro atoms. The van der Waals surface area contributed by atoms with Gasteiger partial charge in [-0.05, 0) is 6.08 Å². The van der Waals surface area contributed by atoms with Crippen LogP contribution in [0, 0.1) is 0 Å². The summed E-state index contributed by atoms with van der Waals surface area (Å²) in [6, 6.07) is 0. The van der Waals surface area contributed by atoms with Crippen LogP contribution in [-0.2, 0) is 14.9 Å². The van der Waals surface area contributed by atoms with Crippen molar-refractivity contribution in [1.82, 2.24) is 5.32 Å². The SMILES string of the molecule is C=CC(=O)NCCC(O)S(=O)(=O)O. The Labute approximate surface area is 76.0 Å². The Balaban J connectivity index is 3.79. The molecule has 0 aliphatic heterocycles. The molecule has 6 nitrogen and oxygen atoms in total. The standard InChI is InChI=1S/C6H11NO5S/c1-2-5(8)7-4-3-6(9)13(10,11)12/h2,6,9H,1,3-4H2,(H,7,8)(H,10,11,12). The lowest BCUT2D eigenvalue weighted by Gasteiger charge is -2.06. The van der Waals surface area contributed by atoms with E-state index >= 15 is 0 Å². The van der Waals surface area contributed by atoms with Crippen LogP contribution in [0.15, 0.2) is 12.7 Å². The highest BCUT2D eigenvalue weighted by Gasteiger charge is 2.18. The summed E-state index contributed by atoms with van der Waals surface area (Å²) in [5, 5.41) is 11.0. The van der Waals surface area contributed by atoms with Gasteiger partial charge >= 0.3 is 0 Å². The summed E-state index contributed by atoms with van der Waals surface area (Å²) in [6.07, 6.45) is 0.748. The van der Waals surface area contributed by atoms with Gasteiger partial charge in [-0.3, -0.25) is 9.35 Å². The molecule has 0 saturated carbocycles. The van der Waals surface area contributed by atoms with Crippen molar-refractivity contribution < 1.29 is 22.9 Å². The number of amides is 1. The third-order valence-electron chi connectivity index (χ3n) is 1.22. The molecule has 0 fully saturated rings. The van der Waals surface area contributed by atoms with Gasteiger partial charge in [0.2, 0.25) is 5.91 Å². The number of carbonyl (C=O) groups is 1. The van der Waals surface area contributed by atoms with E-state index < -0.39 is 21.5 Å². The quantitative estimate of drug-likeness (QED) is 0.393. The summed E-state index contributed by atoms with van der Waals surface area (Å²) in [6.45, 7) is 3.12. The van der Waals surface area contributed by atoms with E-state index in [1.165, 1.54) is 0 Å². The molecule has 0 rings (SSSR count). The Morgan fingerprint density at radius 1 is 1.62 bits per heavy atom. The molecule has 1 unspecified atom stereocenters. The van der Waals surface area contributed by atoms with E-state index in [9.17, 15) is 13.2 Å². The van der Waals surface area contributed by atoms with Gasteiger partial charge in [0, 0.05) is 13.0 Å². The Morgan fingerprint density at radius 3 is 2.54 bits per heavy atom. The van der Waals surface area contributed by atoms with Gasteiger partial charge in [0.05, 0.1) is 0 Å². The van der Waals surface area contributed by atoms with E-state index in [0.717, 1.165) is 6.08 Å². The summed E-state index contributed by atoms with van der Waals surface area (Å²) < 4.78 is 28.8. The van der Waals surface area contributed by atoms with Crippen LogP contribution in [0.3, 0.4) is 0 Å². The fourth-order valence-electron chi connectivity index (χ4n) is 0.540. The molecule has 0 aromatic rings. The monoisotopic (exact) mass is 209 g/mol. The largest absolute Gasteiger partial charge is 0.375 e. The topological polar surface area (TPSA) is 104 Å². The minimum Gasteiger partial charge on any atom is -0.375 e. The minimum atomic E-state index is -4.43. The Kier molecular flexibility index (Phi) is 4.60. The maximum atomic E-state index is 10.5. The molecule has 0 bridgehead atoms. The second kappa shape index (κ2) is 4.95. The second-order valence-corrected chi connectivity index (χ2v) is 3.83. The zero-order valence-electron chi connectivity index (χ0n) is 6.80. The first-order valence-corrected chi connectivity index (χ1v) is 4.93. The van der Waals surface area contributed by atoms with Crippen molar-refractivity contribution in [3.8, 4) is 0 Å². The van der Waals surface area contributed by atoms with Gasteiger partial charge in [0.15, 0.2) is 5.44 Å². The minimum absolute atomic E-state index is 0.0498. The zero-order chi connectivity index (χ0) is 10.5. The lowest BCUT2D eigenvalue weighted by molar-refractivity contribution is -0.116. The van der Waals surface area contributed by atoms with Crippen LogP contribution in [0.5, 0.6) is 0 Å². The first kappa shape index (κ1) is 12.1. The van der Waals surface area contributed by atoms with E-state index in [1.54, 1.807) is 0 Å². The number of nitrogens with one attached hydrogen (secondary N) is 1. The van der Waals surface area contributed by atoms with Crippen LogP contribution in [0.1, 0.15) is 6.42 Å². The van der Waals surface area contributed by atoms with Gasteiger partial charge in [-0.1, -0.05) is 6.58 Å². The number of rotatable bonds is 5. The highest BCUT2D eigenvalue weighted by Crippen LogP contribution is 1.97. The van der Waals surface area contributed by atoms with Crippen molar-refractivity contribution in [1.29, 1.82) is 0 Å². The molecule has 3 N–H and O–H groups in total. The smallest absolute Gasteiger partial charge is 0.292 e. The maximum Gasteiger partial charge on any atom is 0.292 e. The van der Waals surface area contributed by atoms with Crippen molar-refractivity contribution in [3.63, 3.8) is 0 Å². The van der Waals surface area contributed by atoms with E-state index in [-0.39, 0.29) is 13.0 Å². The van der Waals surface area contributed by atoms with Crippen molar-refractivity contribution in [3.05, 3.63) is 12.7 Å². The van der Waals surface area contributed by atoms with Gasteiger partial charge in [-0.25, -0.2) is 0 Å². The molecule has 0 aromatic heterocycles. The number of aliphatic hydroxyl groups is 1. The molecule has 0 aromatic carbocycles. The number of hydrogen-bond donors (Lipinski definition) is 3. The van der Waals surface area contributed by atoms with Gasteiger partial charge in [-0.2, -0.15) is 8.42 Å². The summed E-state index contributed by atoms with van der Waals surface area (Å²) in [4.78, 5) is 10.5. The zero-order valence-corrected chi connectivity index (χ0v) is 7.62. The normalized spacial score (nSPS) is 13.4. The average Bonchev–Trinajstić information content (AvgIpc) is 2.02. The molecule has 0 heterocycles. The third-order valence-corrected chi connectivity index (χ3v) is 2.14. The van der Waals surface area contributed by atoms with Gasteiger partial charge in [0.1, 0.15) is 0 Å². The fourth-order valence-corrected chi connectivity index (χ4v) is 0.956. The van der Waals surface area contributed by atoms with Crippen LogP contribution < -0.4 is 5.32 Å². The van der Waals surface area contributed by atoms with Crippen LogP contribution in [0.25, 0.3) is 0 Å². The van der Waals surface area contributed by atoms with Crippen LogP contribution in [-0.4, -0.2) is 36.0 Å². The average molecular weight is 209 g/mol.